The molecule has 8 heavy (non-hydrogen) atoms. The van der Waals surface area contributed by atoms with Crippen LogP contribution in [0.1, 0.15) is 33.1 Å². The van der Waals surface area contributed by atoms with Crippen LogP contribution < -0.4 is 0 Å². The molecule has 0 spiro atoms. The first-order valence-corrected chi connectivity index (χ1v) is 3.29. The molecule has 0 nitrogen and oxygen atoms in total. The van der Waals surface area contributed by atoms with Crippen LogP contribution in [0.2, 0.25) is 0 Å². The molecular formula is C7H13F. The van der Waals surface area contributed by atoms with Crippen molar-refractivity contribution in [3.8, 4) is 0 Å². The van der Waals surface area contributed by atoms with Crippen LogP contribution in [0.25, 0.3) is 0 Å². The van der Waals surface area contributed by atoms with E-state index in [2.05, 4.69) is 0 Å². The van der Waals surface area contributed by atoms with Crippen molar-refractivity contribution in [3.63, 3.8) is 0 Å². The molecular weight excluding hydrogens is 103 g/mol. The molecule has 0 aromatic rings. The van der Waals surface area contributed by atoms with Gasteiger partial charge in [-0.3, -0.25) is 0 Å². The summed E-state index contributed by atoms with van der Waals surface area (Å²) in [6.45, 7) is 3.35. The molecule has 48 valence electrons. The summed E-state index contributed by atoms with van der Waals surface area (Å²) in [5.41, 5.74) is -0.905. The van der Waals surface area contributed by atoms with Crippen LogP contribution in [0, 0.1) is 5.92 Å². The van der Waals surface area contributed by atoms with Gasteiger partial charge in [0, 0.05) is 0 Å². The van der Waals surface area contributed by atoms with Gasteiger partial charge in [-0.2, -0.15) is 0 Å². The van der Waals surface area contributed by atoms with Gasteiger partial charge < -0.3 is 0 Å². The molecule has 0 aromatic carbocycles. The van der Waals surface area contributed by atoms with Crippen molar-refractivity contribution in [2.45, 2.75) is 38.8 Å². The fourth-order valence-corrected chi connectivity index (χ4v) is 1.09. The average molecular weight is 116 g/mol. The molecule has 0 unspecified atom stereocenters. The zero-order valence-electron chi connectivity index (χ0n) is 5.58. The van der Waals surface area contributed by atoms with Crippen LogP contribution in [0.3, 0.4) is 0 Å². The van der Waals surface area contributed by atoms with Crippen molar-refractivity contribution in [1.29, 1.82) is 0 Å². The van der Waals surface area contributed by atoms with E-state index < -0.39 is 5.67 Å². The van der Waals surface area contributed by atoms with Gasteiger partial charge in [-0.05, 0) is 32.6 Å². The molecule has 0 aliphatic heterocycles. The van der Waals surface area contributed by atoms with Gasteiger partial charge in [-0.25, -0.2) is 4.39 Å². The summed E-state index contributed by atoms with van der Waals surface area (Å²) < 4.78 is 12.8. The van der Waals surface area contributed by atoms with Gasteiger partial charge in [-0.15, -0.1) is 0 Å². The second kappa shape index (κ2) is 1.71. The highest BCUT2D eigenvalue weighted by Crippen LogP contribution is 2.37. The summed E-state index contributed by atoms with van der Waals surface area (Å²) in [6, 6.07) is 0. The largest absolute Gasteiger partial charge is 0.244 e. The number of hydrogen-bond donors (Lipinski definition) is 0. The van der Waals surface area contributed by atoms with Crippen LogP contribution in [0.15, 0.2) is 0 Å². The number of rotatable bonds is 1. The van der Waals surface area contributed by atoms with Gasteiger partial charge in [0.15, 0.2) is 0 Å². The van der Waals surface area contributed by atoms with Crippen molar-refractivity contribution < 1.29 is 4.39 Å². The molecule has 0 N–H and O–H groups in total. The lowest BCUT2D eigenvalue weighted by Crippen LogP contribution is -2.31. The zero-order chi connectivity index (χ0) is 6.20. The van der Waals surface area contributed by atoms with Crippen LogP contribution >= 0.6 is 0 Å². The van der Waals surface area contributed by atoms with E-state index in [4.69, 9.17) is 0 Å². The summed E-state index contributed by atoms with van der Waals surface area (Å²) in [7, 11) is 0. The minimum atomic E-state index is -0.905. The van der Waals surface area contributed by atoms with E-state index in [-0.39, 0.29) is 0 Å². The molecule has 1 heteroatoms. The third kappa shape index (κ3) is 1.01. The Balaban J connectivity index is 2.34. The van der Waals surface area contributed by atoms with E-state index in [1.54, 1.807) is 13.8 Å². The van der Waals surface area contributed by atoms with Crippen molar-refractivity contribution in [3.05, 3.63) is 0 Å². The van der Waals surface area contributed by atoms with E-state index >= 15 is 0 Å². The third-order valence-corrected chi connectivity index (χ3v) is 2.08. The maximum absolute atomic E-state index is 12.8. The van der Waals surface area contributed by atoms with E-state index in [0.29, 0.717) is 5.92 Å². The van der Waals surface area contributed by atoms with Crippen LogP contribution in [-0.2, 0) is 0 Å². The first-order valence-electron chi connectivity index (χ1n) is 3.29. The molecule has 1 rings (SSSR count). The second-order valence-electron chi connectivity index (χ2n) is 3.19. The van der Waals surface area contributed by atoms with E-state index in [1.807, 2.05) is 0 Å². The third-order valence-electron chi connectivity index (χ3n) is 2.08. The monoisotopic (exact) mass is 116 g/mol. The second-order valence-corrected chi connectivity index (χ2v) is 3.19. The highest BCUT2D eigenvalue weighted by atomic mass is 19.1. The van der Waals surface area contributed by atoms with Crippen molar-refractivity contribution in [1.82, 2.24) is 0 Å². The lowest BCUT2D eigenvalue weighted by atomic mass is 9.76. The fraction of sp³-hybridized carbons (Fsp3) is 1.00. The molecule has 0 saturated heterocycles. The van der Waals surface area contributed by atoms with Gasteiger partial charge in [-0.1, -0.05) is 6.42 Å². The molecule has 0 aromatic heterocycles. The maximum atomic E-state index is 12.8. The molecule has 1 aliphatic carbocycles. The standard InChI is InChI=1S/C7H13F/c1-7(2,8)6-4-3-5-6/h6H,3-5H2,1-2H3. The number of hydrogen-bond acceptors (Lipinski definition) is 0. The number of alkyl halides is 1. The van der Waals surface area contributed by atoms with Crippen LogP contribution in [0.5, 0.6) is 0 Å². The van der Waals surface area contributed by atoms with Gasteiger partial charge in [0.25, 0.3) is 0 Å². The lowest BCUT2D eigenvalue weighted by Gasteiger charge is -2.33. The van der Waals surface area contributed by atoms with Gasteiger partial charge >= 0.3 is 0 Å². The summed E-state index contributed by atoms with van der Waals surface area (Å²) in [5, 5.41) is 0. The topological polar surface area (TPSA) is 0 Å². The highest BCUT2D eigenvalue weighted by molar-refractivity contribution is 4.83. The van der Waals surface area contributed by atoms with Crippen LogP contribution in [-0.4, -0.2) is 5.67 Å². The Bertz CT molecular complexity index is 76.9. The molecule has 0 radical (unpaired) electrons. The molecule has 0 bridgehead atoms. The van der Waals surface area contributed by atoms with Gasteiger partial charge in [0.05, 0.1) is 0 Å². The van der Waals surface area contributed by atoms with E-state index in [1.165, 1.54) is 6.42 Å². The average Bonchev–Trinajstić information content (AvgIpc) is 1.16. The smallest absolute Gasteiger partial charge is 0.108 e. The first-order chi connectivity index (χ1) is 3.61. The Morgan fingerprint density at radius 1 is 1.38 bits per heavy atom. The Morgan fingerprint density at radius 2 is 1.88 bits per heavy atom. The number of halogens is 1. The minimum absolute atomic E-state index is 0.363. The van der Waals surface area contributed by atoms with Gasteiger partial charge in [0.1, 0.15) is 5.67 Å². The SMILES string of the molecule is CC(C)(F)C1CCC1. The molecule has 1 fully saturated rings. The summed E-state index contributed by atoms with van der Waals surface area (Å²) in [6.07, 6.45) is 3.44. The normalized spacial score (nSPS) is 22.9. The molecule has 0 atom stereocenters. The minimum Gasteiger partial charge on any atom is -0.244 e. The predicted molar refractivity (Wildman–Crippen MR) is 32.5 cm³/mol. The van der Waals surface area contributed by atoms with E-state index in [0.717, 1.165) is 12.8 Å². The summed E-state index contributed by atoms with van der Waals surface area (Å²) >= 11 is 0. The molecule has 0 heterocycles. The van der Waals surface area contributed by atoms with Crippen molar-refractivity contribution in [2.24, 2.45) is 5.92 Å². The fourth-order valence-electron chi connectivity index (χ4n) is 1.09. The first kappa shape index (κ1) is 6.06. The maximum Gasteiger partial charge on any atom is 0.108 e. The zero-order valence-corrected chi connectivity index (χ0v) is 5.58. The van der Waals surface area contributed by atoms with Gasteiger partial charge in [0.2, 0.25) is 0 Å². The predicted octanol–water partition coefficient (Wildman–Crippen LogP) is 2.53. The Labute approximate surface area is 50.1 Å². The highest BCUT2D eigenvalue weighted by Gasteiger charge is 2.33. The quantitative estimate of drug-likeness (QED) is 0.494. The Kier molecular flexibility index (Phi) is 1.30. The molecule has 0 amide bonds. The summed E-state index contributed by atoms with van der Waals surface area (Å²) in [4.78, 5) is 0. The van der Waals surface area contributed by atoms with Crippen molar-refractivity contribution in [2.75, 3.05) is 0 Å². The Morgan fingerprint density at radius 3 is 1.88 bits per heavy atom. The lowest BCUT2D eigenvalue weighted by molar-refractivity contribution is 0.0673. The molecule has 1 aliphatic rings. The van der Waals surface area contributed by atoms with E-state index in [9.17, 15) is 4.39 Å². The van der Waals surface area contributed by atoms with Crippen molar-refractivity contribution >= 4 is 0 Å². The van der Waals surface area contributed by atoms with Crippen LogP contribution in [0.4, 0.5) is 4.39 Å². The molecule has 1 saturated carbocycles. The Hall–Kier alpha value is -0.0700. The summed E-state index contributed by atoms with van der Waals surface area (Å²) in [5.74, 6) is 0.363.